The number of nitriles is 1. The molecule has 0 spiro atoms. The second-order valence-electron chi connectivity index (χ2n) is 3.87. The van der Waals surface area contributed by atoms with Crippen LogP contribution in [0.15, 0.2) is 29.8 Å². The fourth-order valence-corrected chi connectivity index (χ4v) is 1.50. The minimum Gasteiger partial charge on any atom is -0.313 e. The molecule has 0 atom stereocenters. The van der Waals surface area contributed by atoms with Crippen LogP contribution in [0.3, 0.4) is 0 Å². The highest BCUT2D eigenvalue weighted by molar-refractivity contribution is 5.60. The zero-order valence-corrected chi connectivity index (χ0v) is 9.96. The van der Waals surface area contributed by atoms with Crippen LogP contribution >= 0.6 is 0 Å². The third-order valence-electron chi connectivity index (χ3n) is 2.31. The lowest BCUT2D eigenvalue weighted by molar-refractivity contribution is 0.715. The number of hydrogen-bond donors (Lipinski definition) is 1. The van der Waals surface area contributed by atoms with Crippen molar-refractivity contribution >= 4 is 6.08 Å². The van der Waals surface area contributed by atoms with Crippen molar-refractivity contribution in [2.45, 2.75) is 20.3 Å². The summed E-state index contributed by atoms with van der Waals surface area (Å²) in [4.78, 5) is 0. The molecular formula is C14H18N2. The lowest BCUT2D eigenvalue weighted by atomic mass is 10.1. The third kappa shape index (κ3) is 3.88. The van der Waals surface area contributed by atoms with Gasteiger partial charge in [-0.1, -0.05) is 36.8 Å². The summed E-state index contributed by atoms with van der Waals surface area (Å²) in [5, 5.41) is 12.3. The molecule has 0 unspecified atom stereocenters. The van der Waals surface area contributed by atoms with Crippen LogP contribution in [0.1, 0.15) is 31.4 Å². The average Bonchev–Trinajstić information content (AvgIpc) is 2.30. The van der Waals surface area contributed by atoms with Gasteiger partial charge in [-0.2, -0.15) is 5.26 Å². The Labute approximate surface area is 97.6 Å². The molecule has 0 saturated carbocycles. The fourth-order valence-electron chi connectivity index (χ4n) is 1.50. The highest BCUT2D eigenvalue weighted by atomic mass is 14.8. The van der Waals surface area contributed by atoms with E-state index in [0.717, 1.165) is 30.6 Å². The van der Waals surface area contributed by atoms with Crippen LogP contribution in [0, 0.1) is 11.3 Å². The van der Waals surface area contributed by atoms with Crippen molar-refractivity contribution in [1.29, 1.82) is 5.26 Å². The summed E-state index contributed by atoms with van der Waals surface area (Å²) in [5.41, 5.74) is 2.98. The Kier molecular flexibility index (Phi) is 5.31. The van der Waals surface area contributed by atoms with Crippen molar-refractivity contribution in [3.05, 3.63) is 41.0 Å². The number of rotatable bonds is 5. The monoisotopic (exact) mass is 214 g/mol. The van der Waals surface area contributed by atoms with E-state index in [0.29, 0.717) is 0 Å². The Hall–Kier alpha value is -1.59. The Morgan fingerprint density at radius 1 is 1.44 bits per heavy atom. The summed E-state index contributed by atoms with van der Waals surface area (Å²) in [5.74, 6) is 0. The molecule has 0 radical (unpaired) electrons. The first kappa shape index (κ1) is 12.5. The van der Waals surface area contributed by atoms with Crippen molar-refractivity contribution in [2.75, 3.05) is 13.1 Å². The first-order chi connectivity index (χ1) is 7.77. The van der Waals surface area contributed by atoms with Gasteiger partial charge in [-0.3, -0.25) is 0 Å². The summed E-state index contributed by atoms with van der Waals surface area (Å²) >= 11 is 0. The van der Waals surface area contributed by atoms with Gasteiger partial charge in [0.1, 0.15) is 0 Å². The molecule has 1 aromatic rings. The van der Waals surface area contributed by atoms with E-state index >= 15 is 0 Å². The minimum atomic E-state index is 0.734. The average molecular weight is 214 g/mol. The Morgan fingerprint density at radius 3 is 2.88 bits per heavy atom. The van der Waals surface area contributed by atoms with Crippen molar-refractivity contribution in [3.63, 3.8) is 0 Å². The molecule has 0 heterocycles. The molecule has 0 bridgehead atoms. The Balaban J connectivity index is 2.70. The number of nitrogens with one attached hydrogen (secondary N) is 1. The van der Waals surface area contributed by atoms with Crippen LogP contribution in [-0.2, 0) is 0 Å². The first-order valence-corrected chi connectivity index (χ1v) is 5.65. The van der Waals surface area contributed by atoms with Crippen LogP contribution in [-0.4, -0.2) is 13.1 Å². The SMILES string of the molecule is CCCNC/C(C)=C/c1ccccc1C#N. The maximum atomic E-state index is 8.95. The Morgan fingerprint density at radius 2 is 2.19 bits per heavy atom. The molecule has 0 aromatic heterocycles. The van der Waals surface area contributed by atoms with Gasteiger partial charge in [0.25, 0.3) is 0 Å². The molecule has 2 heteroatoms. The van der Waals surface area contributed by atoms with Crippen molar-refractivity contribution in [2.24, 2.45) is 0 Å². The summed E-state index contributed by atoms with van der Waals surface area (Å²) < 4.78 is 0. The largest absolute Gasteiger partial charge is 0.313 e. The molecule has 0 saturated heterocycles. The van der Waals surface area contributed by atoms with Gasteiger partial charge in [0.15, 0.2) is 0 Å². The lowest BCUT2D eigenvalue weighted by Gasteiger charge is -2.04. The normalized spacial score (nSPS) is 11.2. The van der Waals surface area contributed by atoms with E-state index in [1.165, 1.54) is 5.57 Å². The van der Waals surface area contributed by atoms with Gasteiger partial charge in [-0.15, -0.1) is 0 Å². The fraction of sp³-hybridized carbons (Fsp3) is 0.357. The second kappa shape index (κ2) is 6.81. The second-order valence-corrected chi connectivity index (χ2v) is 3.87. The number of nitrogens with zero attached hydrogens (tertiary/aromatic N) is 1. The van der Waals surface area contributed by atoms with E-state index in [9.17, 15) is 0 Å². The van der Waals surface area contributed by atoms with E-state index in [1.807, 2.05) is 24.3 Å². The van der Waals surface area contributed by atoms with Crippen molar-refractivity contribution < 1.29 is 0 Å². The molecule has 84 valence electrons. The summed E-state index contributed by atoms with van der Waals surface area (Å²) in [6, 6.07) is 9.87. The molecule has 16 heavy (non-hydrogen) atoms. The standard InChI is InChI=1S/C14H18N2/c1-3-8-16-11-12(2)9-13-6-4-5-7-14(13)10-15/h4-7,9,16H,3,8,11H2,1-2H3/b12-9+. The van der Waals surface area contributed by atoms with Crippen LogP contribution in [0.5, 0.6) is 0 Å². The molecule has 0 aliphatic heterocycles. The molecule has 1 aromatic carbocycles. The van der Waals surface area contributed by atoms with E-state index in [4.69, 9.17) is 5.26 Å². The summed E-state index contributed by atoms with van der Waals surface area (Å²) in [6.07, 6.45) is 3.21. The van der Waals surface area contributed by atoms with Gasteiger partial charge in [-0.05, 0) is 31.5 Å². The quantitative estimate of drug-likeness (QED) is 0.765. The van der Waals surface area contributed by atoms with Gasteiger partial charge < -0.3 is 5.32 Å². The van der Waals surface area contributed by atoms with Gasteiger partial charge in [0.2, 0.25) is 0 Å². The zero-order valence-electron chi connectivity index (χ0n) is 9.96. The molecule has 0 amide bonds. The highest BCUT2D eigenvalue weighted by Gasteiger charge is 1.97. The van der Waals surface area contributed by atoms with E-state index in [-0.39, 0.29) is 0 Å². The molecule has 2 nitrogen and oxygen atoms in total. The van der Waals surface area contributed by atoms with Crippen LogP contribution in [0.4, 0.5) is 0 Å². The maximum Gasteiger partial charge on any atom is 0.0997 e. The molecule has 1 rings (SSSR count). The van der Waals surface area contributed by atoms with Crippen molar-refractivity contribution in [3.8, 4) is 6.07 Å². The lowest BCUT2D eigenvalue weighted by Crippen LogP contribution is -2.16. The Bertz CT molecular complexity index is 399. The molecular weight excluding hydrogens is 196 g/mol. The van der Waals surface area contributed by atoms with E-state index < -0.39 is 0 Å². The zero-order chi connectivity index (χ0) is 11.8. The molecule has 1 N–H and O–H groups in total. The minimum absolute atomic E-state index is 0.734. The van der Waals surface area contributed by atoms with Gasteiger partial charge in [0.05, 0.1) is 11.6 Å². The maximum absolute atomic E-state index is 8.95. The molecule has 0 fully saturated rings. The topological polar surface area (TPSA) is 35.8 Å². The predicted molar refractivity (Wildman–Crippen MR) is 68.0 cm³/mol. The highest BCUT2D eigenvalue weighted by Crippen LogP contribution is 2.11. The van der Waals surface area contributed by atoms with Crippen molar-refractivity contribution in [1.82, 2.24) is 5.32 Å². The van der Waals surface area contributed by atoms with E-state index in [2.05, 4.69) is 31.3 Å². The van der Waals surface area contributed by atoms with E-state index in [1.54, 1.807) is 0 Å². The molecule has 0 aliphatic rings. The van der Waals surface area contributed by atoms with Gasteiger partial charge in [0, 0.05) is 6.54 Å². The first-order valence-electron chi connectivity index (χ1n) is 5.65. The number of benzene rings is 1. The van der Waals surface area contributed by atoms with Gasteiger partial charge >= 0.3 is 0 Å². The van der Waals surface area contributed by atoms with Crippen LogP contribution in [0.25, 0.3) is 6.08 Å². The third-order valence-corrected chi connectivity index (χ3v) is 2.31. The summed E-state index contributed by atoms with van der Waals surface area (Å²) in [7, 11) is 0. The smallest absolute Gasteiger partial charge is 0.0997 e. The van der Waals surface area contributed by atoms with Gasteiger partial charge in [-0.25, -0.2) is 0 Å². The van der Waals surface area contributed by atoms with Crippen LogP contribution in [0.2, 0.25) is 0 Å². The predicted octanol–water partition coefficient (Wildman–Crippen LogP) is 2.96. The van der Waals surface area contributed by atoms with Crippen LogP contribution < -0.4 is 5.32 Å². The number of hydrogen-bond acceptors (Lipinski definition) is 2. The molecule has 0 aliphatic carbocycles. The summed E-state index contributed by atoms with van der Waals surface area (Å²) in [6.45, 7) is 6.15.